The Labute approximate surface area is 180 Å². The molecule has 0 bridgehead atoms. The minimum atomic E-state index is -0.252. The first-order valence-corrected chi connectivity index (χ1v) is 11.1. The summed E-state index contributed by atoms with van der Waals surface area (Å²) in [5, 5.41) is 3.53. The lowest BCUT2D eigenvalue weighted by Gasteiger charge is -2.29. The first-order chi connectivity index (χ1) is 14.6. The van der Waals surface area contributed by atoms with Crippen LogP contribution in [0.25, 0.3) is 0 Å². The molecule has 4 heteroatoms. The van der Waals surface area contributed by atoms with Crippen LogP contribution in [-0.4, -0.2) is 5.78 Å². The van der Waals surface area contributed by atoms with Crippen LogP contribution in [0.2, 0.25) is 0 Å². The molecular formula is C26H22FNOS. The van der Waals surface area contributed by atoms with Gasteiger partial charge in [0.25, 0.3) is 0 Å². The number of benzene rings is 3. The molecule has 5 rings (SSSR count). The number of thioether (sulfide) groups is 1. The largest absolute Gasteiger partial charge is 0.358 e. The van der Waals surface area contributed by atoms with E-state index >= 15 is 0 Å². The Hall–Kier alpha value is -2.85. The van der Waals surface area contributed by atoms with Crippen LogP contribution >= 0.6 is 11.8 Å². The fourth-order valence-corrected chi connectivity index (χ4v) is 5.66. The van der Waals surface area contributed by atoms with Gasteiger partial charge in [-0.1, -0.05) is 54.1 Å². The zero-order chi connectivity index (χ0) is 20.7. The van der Waals surface area contributed by atoms with E-state index in [-0.39, 0.29) is 22.8 Å². The highest BCUT2D eigenvalue weighted by Gasteiger charge is 2.36. The molecule has 0 amide bonds. The van der Waals surface area contributed by atoms with Gasteiger partial charge in [0.1, 0.15) is 5.82 Å². The van der Waals surface area contributed by atoms with Gasteiger partial charge in [-0.15, -0.1) is 11.8 Å². The number of para-hydroxylation sites is 1. The molecule has 0 saturated heterocycles. The Morgan fingerprint density at radius 2 is 1.60 bits per heavy atom. The number of carbonyl (C=O) groups excluding carboxylic acids is 1. The average molecular weight is 416 g/mol. The molecule has 1 aliphatic heterocycles. The average Bonchev–Trinajstić information content (AvgIpc) is 2.91. The number of hydrogen-bond donors (Lipinski definition) is 1. The quantitative estimate of drug-likeness (QED) is 0.499. The van der Waals surface area contributed by atoms with Crippen LogP contribution in [0.3, 0.4) is 0 Å². The van der Waals surface area contributed by atoms with Gasteiger partial charge in [0.15, 0.2) is 5.78 Å². The summed E-state index contributed by atoms with van der Waals surface area (Å²) in [4.78, 5) is 14.6. The molecule has 0 unspecified atom stereocenters. The molecule has 0 saturated carbocycles. The number of rotatable bonds is 2. The highest BCUT2D eigenvalue weighted by atomic mass is 32.2. The first-order valence-electron chi connectivity index (χ1n) is 10.2. The normalized spacial score (nSPS) is 20.8. The van der Waals surface area contributed by atoms with Crippen LogP contribution in [-0.2, 0) is 4.79 Å². The summed E-state index contributed by atoms with van der Waals surface area (Å²) in [6.07, 6.45) is 1.19. The molecule has 0 spiro atoms. The predicted octanol–water partition coefficient (Wildman–Crippen LogP) is 6.79. The van der Waals surface area contributed by atoms with Crippen molar-refractivity contribution in [3.63, 3.8) is 0 Å². The molecule has 3 aromatic rings. The van der Waals surface area contributed by atoms with Crippen molar-refractivity contribution >= 4 is 23.2 Å². The van der Waals surface area contributed by atoms with Crippen LogP contribution in [0.15, 0.2) is 89.0 Å². The van der Waals surface area contributed by atoms with Crippen molar-refractivity contribution in [3.8, 4) is 0 Å². The molecule has 1 heterocycles. The van der Waals surface area contributed by atoms with E-state index in [0.717, 1.165) is 39.4 Å². The SMILES string of the molecule is Cc1ccc([C@H]2Sc3ccccc3NC3=C2C(=O)C[C@H](c2ccc(F)cc2)C3)cc1. The van der Waals surface area contributed by atoms with Gasteiger partial charge in [0.05, 0.1) is 10.9 Å². The Morgan fingerprint density at radius 3 is 2.37 bits per heavy atom. The summed E-state index contributed by atoms with van der Waals surface area (Å²) in [5.41, 5.74) is 6.26. The molecule has 1 N–H and O–H groups in total. The summed E-state index contributed by atoms with van der Waals surface area (Å²) in [7, 11) is 0. The highest BCUT2D eigenvalue weighted by molar-refractivity contribution is 8.00. The van der Waals surface area contributed by atoms with Crippen LogP contribution in [0.1, 0.15) is 40.7 Å². The maximum absolute atomic E-state index is 13.4. The van der Waals surface area contributed by atoms with E-state index in [2.05, 4.69) is 48.6 Å². The fraction of sp³-hybridized carbons (Fsp3) is 0.192. The number of aryl methyl sites for hydroxylation is 1. The second-order valence-electron chi connectivity index (χ2n) is 8.00. The Balaban J connectivity index is 1.60. The number of anilines is 1. The Kier molecular flexibility index (Phi) is 4.95. The third-order valence-electron chi connectivity index (χ3n) is 5.91. The molecular weight excluding hydrogens is 393 g/mol. The van der Waals surface area contributed by atoms with Crippen LogP contribution < -0.4 is 5.32 Å². The summed E-state index contributed by atoms with van der Waals surface area (Å²) in [6.45, 7) is 2.07. The fourth-order valence-electron chi connectivity index (χ4n) is 4.32. The van der Waals surface area contributed by atoms with E-state index in [9.17, 15) is 9.18 Å². The predicted molar refractivity (Wildman–Crippen MR) is 120 cm³/mol. The first kappa shape index (κ1) is 19.1. The minimum absolute atomic E-state index is 0.0431. The van der Waals surface area contributed by atoms with Crippen molar-refractivity contribution in [3.05, 3.63) is 107 Å². The summed E-state index contributed by atoms with van der Waals surface area (Å²) in [6, 6.07) is 23.2. The molecule has 2 atom stereocenters. The van der Waals surface area contributed by atoms with Crippen LogP contribution in [0.5, 0.6) is 0 Å². The number of ketones is 1. The van der Waals surface area contributed by atoms with Crippen molar-refractivity contribution < 1.29 is 9.18 Å². The van der Waals surface area contributed by atoms with Gasteiger partial charge < -0.3 is 5.32 Å². The van der Waals surface area contributed by atoms with E-state index in [1.54, 1.807) is 23.9 Å². The number of fused-ring (bicyclic) bond motifs is 1. The van der Waals surface area contributed by atoms with Crippen LogP contribution in [0, 0.1) is 12.7 Å². The van der Waals surface area contributed by atoms with Gasteiger partial charge in [-0.3, -0.25) is 4.79 Å². The zero-order valence-corrected chi connectivity index (χ0v) is 17.5. The van der Waals surface area contributed by atoms with Gasteiger partial charge in [-0.25, -0.2) is 4.39 Å². The van der Waals surface area contributed by atoms with Crippen molar-refractivity contribution in [2.45, 2.75) is 35.8 Å². The summed E-state index contributed by atoms with van der Waals surface area (Å²) >= 11 is 1.73. The lowest BCUT2D eigenvalue weighted by atomic mass is 9.80. The summed E-state index contributed by atoms with van der Waals surface area (Å²) in [5.74, 6) is -0.0274. The molecule has 1 aliphatic carbocycles. The van der Waals surface area contributed by atoms with Gasteiger partial charge in [-0.05, 0) is 54.7 Å². The van der Waals surface area contributed by atoms with Crippen LogP contribution in [0.4, 0.5) is 10.1 Å². The minimum Gasteiger partial charge on any atom is -0.358 e. The van der Waals surface area contributed by atoms with Gasteiger partial charge in [0, 0.05) is 22.6 Å². The lowest BCUT2D eigenvalue weighted by molar-refractivity contribution is -0.116. The maximum Gasteiger partial charge on any atom is 0.162 e. The molecule has 3 aromatic carbocycles. The molecule has 0 aromatic heterocycles. The maximum atomic E-state index is 13.4. The van der Waals surface area contributed by atoms with E-state index in [4.69, 9.17) is 0 Å². The van der Waals surface area contributed by atoms with E-state index in [1.165, 1.54) is 17.7 Å². The van der Waals surface area contributed by atoms with Gasteiger partial charge >= 0.3 is 0 Å². The van der Waals surface area contributed by atoms with Gasteiger partial charge in [-0.2, -0.15) is 0 Å². The molecule has 2 nitrogen and oxygen atoms in total. The number of halogens is 1. The Morgan fingerprint density at radius 1 is 0.900 bits per heavy atom. The number of nitrogens with one attached hydrogen (secondary N) is 1. The molecule has 30 heavy (non-hydrogen) atoms. The number of Topliss-reactive ketones (excluding diaryl/α,β-unsaturated/α-hetero) is 1. The van der Waals surface area contributed by atoms with Crippen molar-refractivity contribution in [2.75, 3.05) is 5.32 Å². The molecule has 150 valence electrons. The third kappa shape index (κ3) is 3.56. The third-order valence-corrected chi connectivity index (χ3v) is 7.26. The van der Waals surface area contributed by atoms with Crippen molar-refractivity contribution in [1.82, 2.24) is 0 Å². The second kappa shape index (κ2) is 7.77. The monoisotopic (exact) mass is 415 g/mol. The highest BCUT2D eigenvalue weighted by Crippen LogP contribution is 2.51. The van der Waals surface area contributed by atoms with E-state index in [0.29, 0.717) is 6.42 Å². The molecule has 0 radical (unpaired) electrons. The smallest absolute Gasteiger partial charge is 0.162 e. The zero-order valence-electron chi connectivity index (χ0n) is 16.7. The standard InChI is InChI=1S/C26H22FNOS/c1-16-6-8-18(9-7-16)26-25-22(28-21-4-2-3-5-24(21)30-26)14-19(15-23(25)29)17-10-12-20(27)13-11-17/h2-13,19,26,28H,14-15H2,1H3/t19-,26-/m1/s1. The number of carbonyl (C=O) groups is 1. The van der Waals surface area contributed by atoms with Crippen molar-refractivity contribution in [2.24, 2.45) is 0 Å². The number of hydrogen-bond acceptors (Lipinski definition) is 3. The summed E-state index contributed by atoms with van der Waals surface area (Å²) < 4.78 is 13.4. The van der Waals surface area contributed by atoms with E-state index in [1.807, 2.05) is 12.1 Å². The van der Waals surface area contributed by atoms with Crippen molar-refractivity contribution in [1.29, 1.82) is 0 Å². The molecule has 2 aliphatic rings. The Bertz CT molecular complexity index is 1130. The van der Waals surface area contributed by atoms with Gasteiger partial charge in [0.2, 0.25) is 0 Å². The topological polar surface area (TPSA) is 29.1 Å². The molecule has 0 fully saturated rings. The number of allylic oxidation sites excluding steroid dienone is 1. The van der Waals surface area contributed by atoms with E-state index < -0.39 is 0 Å². The lowest BCUT2D eigenvalue weighted by Crippen LogP contribution is -2.24. The second-order valence-corrected chi connectivity index (χ2v) is 9.15.